The van der Waals surface area contributed by atoms with Gasteiger partial charge in [-0.05, 0) is 45.7 Å². The molecule has 3 rings (SSSR count). The number of thioether (sulfide) groups is 1. The summed E-state index contributed by atoms with van der Waals surface area (Å²) in [5, 5.41) is 0.692. The second kappa shape index (κ2) is 11.9. The number of rotatable bonds is 9. The Morgan fingerprint density at radius 1 is 1.20 bits per heavy atom. The zero-order chi connectivity index (χ0) is 25.6. The Morgan fingerprint density at radius 3 is 2.60 bits per heavy atom. The van der Waals surface area contributed by atoms with Gasteiger partial charge in [-0.1, -0.05) is 32.5 Å². The molecular weight excluding hydrogens is 464 g/mol. The number of piperidine rings is 1. The summed E-state index contributed by atoms with van der Waals surface area (Å²) in [6, 6.07) is 5.61. The Kier molecular flexibility index (Phi) is 9.21. The Morgan fingerprint density at radius 2 is 1.94 bits per heavy atom. The lowest BCUT2D eigenvalue weighted by atomic mass is 9.92. The Balaban J connectivity index is 1.69. The number of esters is 1. The molecule has 1 aliphatic heterocycles. The van der Waals surface area contributed by atoms with Crippen LogP contribution in [0, 0.1) is 5.92 Å². The minimum Gasteiger partial charge on any atom is -0.466 e. The summed E-state index contributed by atoms with van der Waals surface area (Å²) < 4.78 is 11.0. The highest BCUT2D eigenvalue weighted by molar-refractivity contribution is 7.98. The molecule has 1 atom stereocenters. The summed E-state index contributed by atoms with van der Waals surface area (Å²) in [5.41, 5.74) is 0.897. The first-order chi connectivity index (χ1) is 16.7. The number of carbonyl (C=O) groups is 2. The summed E-state index contributed by atoms with van der Waals surface area (Å²) in [6.45, 7) is 15.5. The summed E-state index contributed by atoms with van der Waals surface area (Å²) in [7, 11) is 0. The van der Waals surface area contributed by atoms with E-state index in [4.69, 9.17) is 19.1 Å². The molecule has 0 N–H and O–H groups in total. The average Bonchev–Trinajstić information content (AvgIpc) is 3.32. The van der Waals surface area contributed by atoms with Crippen molar-refractivity contribution in [3.05, 3.63) is 35.4 Å². The molecule has 1 aliphatic rings. The first-order valence-corrected chi connectivity index (χ1v) is 13.5. The lowest BCUT2D eigenvalue weighted by Crippen LogP contribution is -2.42. The molecule has 9 heteroatoms. The molecular formula is C26H38N4O4S. The molecule has 1 fully saturated rings. The molecule has 2 aromatic rings. The molecule has 192 valence electrons. The fourth-order valence-corrected chi connectivity index (χ4v) is 4.79. The average molecular weight is 503 g/mol. The fourth-order valence-electron chi connectivity index (χ4n) is 4.05. The van der Waals surface area contributed by atoms with Gasteiger partial charge >= 0.3 is 5.97 Å². The number of nitrogens with zero attached hydrogens (tertiary/aromatic N) is 4. The van der Waals surface area contributed by atoms with E-state index in [1.807, 2.05) is 6.07 Å². The van der Waals surface area contributed by atoms with Crippen LogP contribution in [0.1, 0.15) is 76.4 Å². The number of hydrogen-bond acceptors (Lipinski definition) is 8. The smallest absolute Gasteiger partial charge is 0.310 e. The standard InChI is InChI=1S/C26H38N4O4S/c1-7-29(8-2)22-15-21(26(4,5)6)27-25(28-22)35-17-19-12-13-20(34-19)23(31)30-14-10-11-18(16-30)24(32)33-9-3/h12-13,15,18H,7-11,14,16-17H2,1-6H3/t18-/m1/s1. The first-order valence-electron chi connectivity index (χ1n) is 12.5. The van der Waals surface area contributed by atoms with Gasteiger partial charge in [0.25, 0.3) is 5.91 Å². The third-order valence-electron chi connectivity index (χ3n) is 6.09. The van der Waals surface area contributed by atoms with Gasteiger partial charge in [-0.2, -0.15) is 0 Å². The summed E-state index contributed by atoms with van der Waals surface area (Å²) >= 11 is 1.50. The monoisotopic (exact) mass is 502 g/mol. The number of ether oxygens (including phenoxy) is 1. The predicted molar refractivity (Wildman–Crippen MR) is 138 cm³/mol. The van der Waals surface area contributed by atoms with Crippen molar-refractivity contribution in [1.29, 1.82) is 0 Å². The van der Waals surface area contributed by atoms with Crippen LogP contribution < -0.4 is 4.90 Å². The molecule has 0 radical (unpaired) electrons. The third kappa shape index (κ3) is 6.99. The number of aromatic nitrogens is 2. The highest BCUT2D eigenvalue weighted by Gasteiger charge is 2.31. The minimum atomic E-state index is -0.273. The van der Waals surface area contributed by atoms with Gasteiger partial charge in [0.05, 0.1) is 24.0 Å². The van der Waals surface area contributed by atoms with Crippen molar-refractivity contribution in [2.75, 3.05) is 37.7 Å². The first kappa shape index (κ1) is 27.0. The number of carbonyl (C=O) groups excluding carboxylic acids is 2. The molecule has 0 aromatic carbocycles. The van der Waals surface area contributed by atoms with Crippen molar-refractivity contribution >= 4 is 29.5 Å². The van der Waals surface area contributed by atoms with E-state index in [1.165, 1.54) is 11.8 Å². The van der Waals surface area contributed by atoms with Crippen molar-refractivity contribution < 1.29 is 18.7 Å². The summed E-state index contributed by atoms with van der Waals surface area (Å²) in [4.78, 5) is 38.6. The van der Waals surface area contributed by atoms with Crippen LogP contribution in [-0.2, 0) is 20.7 Å². The van der Waals surface area contributed by atoms with E-state index < -0.39 is 0 Å². The van der Waals surface area contributed by atoms with Crippen LogP contribution in [0.4, 0.5) is 5.82 Å². The molecule has 1 saturated heterocycles. The molecule has 0 saturated carbocycles. The van der Waals surface area contributed by atoms with E-state index in [-0.39, 0.29) is 23.2 Å². The van der Waals surface area contributed by atoms with Crippen LogP contribution in [0.2, 0.25) is 0 Å². The Labute approximate surface area is 212 Å². The second-order valence-electron chi connectivity index (χ2n) is 9.71. The molecule has 0 bridgehead atoms. The molecule has 0 unspecified atom stereocenters. The number of likely N-dealkylation sites (tertiary alicyclic amines) is 1. The van der Waals surface area contributed by atoms with E-state index in [2.05, 4.69) is 45.6 Å². The third-order valence-corrected chi connectivity index (χ3v) is 6.96. The van der Waals surface area contributed by atoms with Crippen molar-refractivity contribution in [3.63, 3.8) is 0 Å². The zero-order valence-electron chi connectivity index (χ0n) is 21.8. The van der Waals surface area contributed by atoms with Crippen molar-refractivity contribution in [2.45, 2.75) is 70.7 Å². The van der Waals surface area contributed by atoms with Gasteiger partial charge in [0, 0.05) is 37.7 Å². The topological polar surface area (TPSA) is 88.8 Å². The van der Waals surface area contributed by atoms with Gasteiger partial charge in [-0.3, -0.25) is 9.59 Å². The van der Waals surface area contributed by atoms with E-state index in [0.29, 0.717) is 42.1 Å². The maximum Gasteiger partial charge on any atom is 0.310 e. The van der Waals surface area contributed by atoms with Crippen LogP contribution in [0.15, 0.2) is 27.8 Å². The van der Waals surface area contributed by atoms with Crippen LogP contribution in [0.5, 0.6) is 0 Å². The molecule has 3 heterocycles. The van der Waals surface area contributed by atoms with E-state index in [0.717, 1.165) is 37.4 Å². The molecule has 1 amide bonds. The Hall–Kier alpha value is -2.55. The van der Waals surface area contributed by atoms with Crippen LogP contribution in [0.25, 0.3) is 0 Å². The number of amides is 1. The van der Waals surface area contributed by atoms with Crippen molar-refractivity contribution in [2.24, 2.45) is 5.92 Å². The van der Waals surface area contributed by atoms with E-state index in [9.17, 15) is 9.59 Å². The van der Waals surface area contributed by atoms with Crippen molar-refractivity contribution in [3.8, 4) is 0 Å². The SMILES string of the molecule is CCOC(=O)[C@@H]1CCCN(C(=O)c2ccc(CSc3nc(N(CC)CC)cc(C(C)(C)C)n3)o2)C1. The van der Waals surface area contributed by atoms with E-state index in [1.54, 1.807) is 17.9 Å². The maximum atomic E-state index is 13.0. The number of anilines is 1. The maximum absolute atomic E-state index is 13.0. The highest BCUT2D eigenvalue weighted by Crippen LogP contribution is 2.29. The van der Waals surface area contributed by atoms with Crippen LogP contribution in [-0.4, -0.2) is 59.5 Å². The number of hydrogen-bond donors (Lipinski definition) is 0. The molecule has 8 nitrogen and oxygen atoms in total. The van der Waals surface area contributed by atoms with Crippen LogP contribution >= 0.6 is 11.8 Å². The predicted octanol–water partition coefficient (Wildman–Crippen LogP) is 4.92. The van der Waals surface area contributed by atoms with Gasteiger partial charge in [-0.25, -0.2) is 9.97 Å². The zero-order valence-corrected chi connectivity index (χ0v) is 22.6. The fraction of sp³-hybridized carbons (Fsp3) is 0.615. The quantitative estimate of drug-likeness (QED) is 0.271. The molecule has 35 heavy (non-hydrogen) atoms. The van der Waals surface area contributed by atoms with Crippen LogP contribution in [0.3, 0.4) is 0 Å². The minimum absolute atomic E-state index is 0.0969. The van der Waals surface area contributed by atoms with E-state index >= 15 is 0 Å². The highest BCUT2D eigenvalue weighted by atomic mass is 32.2. The van der Waals surface area contributed by atoms with Crippen molar-refractivity contribution in [1.82, 2.24) is 14.9 Å². The molecule has 0 spiro atoms. The van der Waals surface area contributed by atoms with Gasteiger partial charge in [0.15, 0.2) is 10.9 Å². The number of furan rings is 1. The summed E-state index contributed by atoms with van der Waals surface area (Å²) in [6.07, 6.45) is 1.51. The lowest BCUT2D eigenvalue weighted by Gasteiger charge is -2.30. The van der Waals surface area contributed by atoms with Gasteiger partial charge in [-0.15, -0.1) is 0 Å². The molecule has 2 aromatic heterocycles. The largest absolute Gasteiger partial charge is 0.466 e. The second-order valence-corrected chi connectivity index (χ2v) is 10.7. The van der Waals surface area contributed by atoms with Gasteiger partial charge < -0.3 is 19.0 Å². The molecule has 0 aliphatic carbocycles. The summed E-state index contributed by atoms with van der Waals surface area (Å²) in [5.74, 6) is 1.72. The normalized spacial score (nSPS) is 16.3. The Bertz CT molecular complexity index is 1010. The van der Waals surface area contributed by atoms with Gasteiger partial charge in [0.2, 0.25) is 0 Å². The lowest BCUT2D eigenvalue weighted by molar-refractivity contribution is -0.149. The van der Waals surface area contributed by atoms with Gasteiger partial charge in [0.1, 0.15) is 11.6 Å².